The third kappa shape index (κ3) is 5.93. The Labute approximate surface area is 268 Å². The van der Waals surface area contributed by atoms with E-state index in [0.29, 0.717) is 5.90 Å². The van der Waals surface area contributed by atoms with E-state index in [9.17, 15) is 0 Å². The Hall–Kier alpha value is -4.25. The average molecular weight is 604 g/mol. The standard InChI is InChI=1S/C40H45NO4/c1-5-7-9-12-20-29-24-32-37(26-35(29)42-3)44-38-27-36(43-4)30(21-13-10-8-6-2)25-33(38)40(32)31-22-16-17-23-34(31)41-39(45-40)28-18-14-11-15-19-28/h11,14-19,22-27H,5-10,12-13,20-21H2,1-4H3. The van der Waals surface area contributed by atoms with Gasteiger partial charge in [-0.2, -0.15) is 0 Å². The molecule has 1 spiro atoms. The minimum atomic E-state index is -0.985. The Morgan fingerprint density at radius 3 is 1.73 bits per heavy atom. The molecule has 4 aromatic rings. The summed E-state index contributed by atoms with van der Waals surface area (Å²) in [5.74, 6) is 3.71. The number of ether oxygens (including phenoxy) is 4. The molecule has 0 unspecified atom stereocenters. The molecule has 0 saturated carbocycles. The van der Waals surface area contributed by atoms with Gasteiger partial charge < -0.3 is 18.9 Å². The summed E-state index contributed by atoms with van der Waals surface area (Å²) in [4.78, 5) is 5.07. The third-order valence-electron chi connectivity index (χ3n) is 9.12. The predicted octanol–water partition coefficient (Wildman–Crippen LogP) is 10.5. The summed E-state index contributed by atoms with van der Waals surface area (Å²) in [6, 6.07) is 27.2. The fourth-order valence-corrected chi connectivity index (χ4v) is 6.76. The predicted molar refractivity (Wildman–Crippen MR) is 182 cm³/mol. The summed E-state index contributed by atoms with van der Waals surface area (Å²) in [6.45, 7) is 4.49. The average Bonchev–Trinajstić information content (AvgIpc) is 3.08. The zero-order chi connectivity index (χ0) is 31.2. The highest BCUT2D eigenvalue weighted by Crippen LogP contribution is 2.58. The third-order valence-corrected chi connectivity index (χ3v) is 9.12. The van der Waals surface area contributed by atoms with Crippen LogP contribution in [0.15, 0.2) is 83.9 Å². The molecule has 0 saturated heterocycles. The van der Waals surface area contributed by atoms with Crippen LogP contribution in [0, 0.1) is 0 Å². The maximum atomic E-state index is 7.31. The van der Waals surface area contributed by atoms with E-state index in [1.807, 2.05) is 36.4 Å². The lowest BCUT2D eigenvalue weighted by atomic mass is 9.75. The minimum absolute atomic E-state index is 0.591. The van der Waals surface area contributed by atoms with Crippen molar-refractivity contribution in [3.05, 3.63) is 112 Å². The van der Waals surface area contributed by atoms with Crippen molar-refractivity contribution in [2.45, 2.75) is 83.7 Å². The number of unbranched alkanes of at least 4 members (excludes halogenated alkanes) is 6. The molecule has 0 aliphatic carbocycles. The van der Waals surface area contributed by atoms with Gasteiger partial charge in [-0.15, -0.1) is 0 Å². The number of benzene rings is 4. The van der Waals surface area contributed by atoms with Gasteiger partial charge in [0.05, 0.1) is 19.9 Å². The Kier molecular flexibility index (Phi) is 9.44. The van der Waals surface area contributed by atoms with Gasteiger partial charge in [-0.05, 0) is 67.1 Å². The first-order valence-electron chi connectivity index (χ1n) is 16.7. The van der Waals surface area contributed by atoms with Crippen LogP contribution in [0.1, 0.15) is 98.6 Å². The molecule has 2 aliphatic heterocycles. The largest absolute Gasteiger partial charge is 0.496 e. The van der Waals surface area contributed by atoms with Crippen LogP contribution in [0.3, 0.4) is 0 Å². The van der Waals surface area contributed by atoms with Gasteiger partial charge in [0.1, 0.15) is 23.0 Å². The van der Waals surface area contributed by atoms with Crippen LogP contribution in [-0.4, -0.2) is 20.1 Å². The Morgan fingerprint density at radius 1 is 0.622 bits per heavy atom. The number of nitrogens with zero attached hydrogens (tertiary/aromatic N) is 1. The number of methoxy groups -OCH3 is 2. The lowest BCUT2D eigenvalue weighted by Gasteiger charge is -2.43. The number of hydrogen-bond acceptors (Lipinski definition) is 5. The molecule has 0 radical (unpaired) electrons. The highest BCUT2D eigenvalue weighted by Gasteiger charge is 2.51. The Bertz CT molecular complexity index is 1590. The van der Waals surface area contributed by atoms with Crippen molar-refractivity contribution < 1.29 is 18.9 Å². The molecular weight excluding hydrogens is 558 g/mol. The Morgan fingerprint density at radius 2 is 1.18 bits per heavy atom. The lowest BCUT2D eigenvalue weighted by molar-refractivity contribution is 0.123. The van der Waals surface area contributed by atoms with Crippen molar-refractivity contribution >= 4 is 11.6 Å². The molecule has 2 aliphatic rings. The zero-order valence-corrected chi connectivity index (χ0v) is 27.2. The van der Waals surface area contributed by atoms with Crippen LogP contribution in [0.4, 0.5) is 5.69 Å². The number of aryl methyl sites for hydroxylation is 2. The summed E-state index contributed by atoms with van der Waals surface area (Å²) in [7, 11) is 3.48. The second-order valence-corrected chi connectivity index (χ2v) is 12.1. The smallest absolute Gasteiger partial charge is 0.222 e. The second-order valence-electron chi connectivity index (χ2n) is 12.1. The van der Waals surface area contributed by atoms with Gasteiger partial charge in [0, 0.05) is 34.4 Å². The van der Waals surface area contributed by atoms with Crippen molar-refractivity contribution in [2.75, 3.05) is 14.2 Å². The highest BCUT2D eigenvalue weighted by molar-refractivity contribution is 5.98. The molecular formula is C40H45NO4. The van der Waals surface area contributed by atoms with Crippen LogP contribution in [0.2, 0.25) is 0 Å². The van der Waals surface area contributed by atoms with Gasteiger partial charge in [-0.25, -0.2) is 4.99 Å². The molecule has 6 rings (SSSR count). The van der Waals surface area contributed by atoms with Gasteiger partial charge in [0.15, 0.2) is 5.60 Å². The summed E-state index contributed by atoms with van der Waals surface area (Å²) < 4.78 is 26.0. The van der Waals surface area contributed by atoms with Crippen molar-refractivity contribution in [1.29, 1.82) is 0 Å². The molecule has 5 nitrogen and oxygen atoms in total. The molecule has 0 atom stereocenters. The monoisotopic (exact) mass is 603 g/mol. The van der Waals surface area contributed by atoms with Crippen LogP contribution in [-0.2, 0) is 23.2 Å². The normalized spacial score (nSPS) is 14.0. The van der Waals surface area contributed by atoms with E-state index in [1.54, 1.807) is 14.2 Å². The van der Waals surface area contributed by atoms with Crippen LogP contribution in [0.5, 0.6) is 23.0 Å². The molecule has 0 amide bonds. The number of aliphatic imine (C=N–C) groups is 1. The molecule has 5 heteroatoms. The van der Waals surface area contributed by atoms with Gasteiger partial charge in [0.25, 0.3) is 0 Å². The van der Waals surface area contributed by atoms with Crippen molar-refractivity contribution in [3.63, 3.8) is 0 Å². The molecule has 0 aromatic heterocycles. The van der Waals surface area contributed by atoms with Crippen LogP contribution < -0.4 is 14.2 Å². The lowest BCUT2D eigenvalue weighted by Crippen LogP contribution is -2.40. The fraction of sp³-hybridized carbons (Fsp3) is 0.375. The molecule has 45 heavy (non-hydrogen) atoms. The van der Waals surface area contributed by atoms with E-state index in [4.69, 9.17) is 23.9 Å². The number of fused-ring (bicyclic) bond motifs is 6. The quantitative estimate of drug-likeness (QED) is 0.143. The van der Waals surface area contributed by atoms with E-state index in [1.165, 1.54) is 38.5 Å². The minimum Gasteiger partial charge on any atom is -0.496 e. The van der Waals surface area contributed by atoms with Gasteiger partial charge >= 0.3 is 0 Å². The molecule has 4 aromatic carbocycles. The fourth-order valence-electron chi connectivity index (χ4n) is 6.76. The maximum Gasteiger partial charge on any atom is 0.222 e. The summed E-state index contributed by atoms with van der Waals surface area (Å²) in [6.07, 6.45) is 11.3. The second kappa shape index (κ2) is 13.8. The first-order chi connectivity index (χ1) is 22.1. The van der Waals surface area contributed by atoms with Gasteiger partial charge in [0.2, 0.25) is 5.90 Å². The summed E-state index contributed by atoms with van der Waals surface area (Å²) in [5, 5.41) is 0. The maximum absolute atomic E-state index is 7.31. The van der Waals surface area contributed by atoms with E-state index in [-0.39, 0.29) is 0 Å². The molecule has 0 bridgehead atoms. The molecule has 0 fully saturated rings. The summed E-state index contributed by atoms with van der Waals surface area (Å²) >= 11 is 0. The molecule has 234 valence electrons. The van der Waals surface area contributed by atoms with Crippen molar-refractivity contribution in [3.8, 4) is 23.0 Å². The van der Waals surface area contributed by atoms with Crippen LogP contribution in [0.25, 0.3) is 0 Å². The molecule has 2 heterocycles. The first-order valence-corrected chi connectivity index (χ1v) is 16.7. The van der Waals surface area contributed by atoms with E-state index >= 15 is 0 Å². The SMILES string of the molecule is CCCCCCc1cc2c(cc1OC)Oc1cc(OC)c(CCCCCC)cc1C21OC(c2ccccc2)=Nc2ccccc21. The van der Waals surface area contributed by atoms with Crippen LogP contribution >= 0.6 is 0 Å². The van der Waals surface area contributed by atoms with Crippen molar-refractivity contribution in [1.82, 2.24) is 0 Å². The first kappa shape index (κ1) is 30.8. The number of para-hydroxylation sites is 1. The highest BCUT2D eigenvalue weighted by atomic mass is 16.5. The van der Waals surface area contributed by atoms with Gasteiger partial charge in [-0.1, -0.05) is 88.8 Å². The number of rotatable bonds is 13. The van der Waals surface area contributed by atoms with E-state index < -0.39 is 5.60 Å². The summed E-state index contributed by atoms with van der Waals surface area (Å²) in [5.41, 5.74) is 6.11. The van der Waals surface area contributed by atoms with E-state index in [2.05, 4.69) is 56.3 Å². The topological polar surface area (TPSA) is 49.3 Å². The Balaban J connectivity index is 1.59. The van der Waals surface area contributed by atoms with Gasteiger partial charge in [-0.3, -0.25) is 0 Å². The van der Waals surface area contributed by atoms with E-state index in [0.717, 1.165) is 87.7 Å². The van der Waals surface area contributed by atoms with Crippen molar-refractivity contribution in [2.24, 2.45) is 4.99 Å². The number of hydrogen-bond donors (Lipinski definition) is 0. The molecule has 0 N–H and O–H groups in total. The zero-order valence-electron chi connectivity index (χ0n) is 27.2.